The minimum absolute atomic E-state index is 0.0189. The van der Waals surface area contributed by atoms with Crippen LogP contribution in [0.25, 0.3) is 17.2 Å². The van der Waals surface area contributed by atoms with Crippen molar-refractivity contribution in [2.24, 2.45) is 0 Å². The molecule has 114 valence electrons. The fourth-order valence-corrected chi connectivity index (χ4v) is 2.65. The van der Waals surface area contributed by atoms with Crippen LogP contribution in [0.4, 0.5) is 5.69 Å². The van der Waals surface area contributed by atoms with Crippen molar-refractivity contribution in [3.05, 3.63) is 60.2 Å². The number of para-hydroxylation sites is 1. The number of aliphatic carboxylic acids is 1. The number of benzene rings is 1. The number of carboxylic acids is 1. The fourth-order valence-electron chi connectivity index (χ4n) is 2.65. The number of fused-ring (bicyclic) bond motifs is 3. The average molecular weight is 305 g/mol. The molecule has 1 heterocycles. The van der Waals surface area contributed by atoms with Gasteiger partial charge < -0.3 is 10.0 Å². The van der Waals surface area contributed by atoms with Crippen LogP contribution in [0.1, 0.15) is 18.4 Å². The number of amides is 1. The van der Waals surface area contributed by atoms with Gasteiger partial charge >= 0.3 is 5.97 Å². The molecule has 0 aromatic heterocycles. The maximum Gasteiger partial charge on any atom is 0.303 e. The lowest BCUT2D eigenvalue weighted by Gasteiger charge is -2.25. The summed E-state index contributed by atoms with van der Waals surface area (Å²) in [4.78, 5) is 24.8. The summed E-state index contributed by atoms with van der Waals surface area (Å²) < 4.78 is 0. The quantitative estimate of drug-likeness (QED) is 0.947. The Labute approximate surface area is 134 Å². The Bertz CT molecular complexity index is 780. The fraction of sp³-hybridized carbons (Fsp3) is 0.158. The van der Waals surface area contributed by atoms with E-state index in [1.807, 2.05) is 48.6 Å². The number of carboxylic acid groups (broad SMARTS) is 1. The molecule has 23 heavy (non-hydrogen) atoms. The standard InChI is InChI=1S/C19H15NO3/c21-18(11-12-19(22)23)20-13-5-7-14-6-1-2-8-15(14)16-9-3-4-10-17(16)20/h1,3-7,9-10H,11-13H2,(H,22,23). The Kier molecular flexibility index (Phi) is 4.11. The van der Waals surface area contributed by atoms with Crippen molar-refractivity contribution in [2.75, 3.05) is 11.4 Å². The van der Waals surface area contributed by atoms with Crippen molar-refractivity contribution in [3.8, 4) is 11.1 Å². The first-order valence-electron chi connectivity index (χ1n) is 7.37. The van der Waals surface area contributed by atoms with E-state index < -0.39 is 5.97 Å². The molecule has 0 saturated heterocycles. The highest BCUT2D eigenvalue weighted by Crippen LogP contribution is 2.34. The van der Waals surface area contributed by atoms with Gasteiger partial charge in [0.05, 0.1) is 12.1 Å². The SMILES string of the molecule is O=C(O)CCC(=O)N1CC=Cc2ccc#cc2-c2ccccc21. The molecule has 1 aliphatic heterocycles. The minimum atomic E-state index is -0.970. The lowest BCUT2D eigenvalue weighted by atomic mass is 9.97. The third-order valence-corrected chi connectivity index (χ3v) is 3.74. The third kappa shape index (κ3) is 3.09. The summed E-state index contributed by atoms with van der Waals surface area (Å²) >= 11 is 0. The average Bonchev–Trinajstić information content (AvgIpc) is 2.55. The Morgan fingerprint density at radius 1 is 1.17 bits per heavy atom. The van der Waals surface area contributed by atoms with Crippen LogP contribution in [0.2, 0.25) is 0 Å². The van der Waals surface area contributed by atoms with Crippen LogP contribution in [-0.2, 0) is 9.59 Å². The summed E-state index contributed by atoms with van der Waals surface area (Å²) in [6.45, 7) is 0.410. The Morgan fingerprint density at radius 3 is 2.83 bits per heavy atom. The van der Waals surface area contributed by atoms with Crippen LogP contribution in [0.5, 0.6) is 0 Å². The van der Waals surface area contributed by atoms with E-state index in [9.17, 15) is 9.59 Å². The van der Waals surface area contributed by atoms with Crippen molar-refractivity contribution in [1.29, 1.82) is 0 Å². The number of nitrogens with zero attached hydrogens (tertiary/aromatic N) is 1. The molecule has 1 aliphatic rings. The zero-order chi connectivity index (χ0) is 16.2. The van der Waals surface area contributed by atoms with E-state index in [2.05, 4.69) is 12.1 Å². The zero-order valence-corrected chi connectivity index (χ0v) is 12.5. The van der Waals surface area contributed by atoms with Crippen molar-refractivity contribution < 1.29 is 14.7 Å². The summed E-state index contributed by atoms with van der Waals surface area (Å²) in [6, 6.07) is 17.4. The lowest BCUT2D eigenvalue weighted by Crippen LogP contribution is -2.32. The monoisotopic (exact) mass is 305 g/mol. The summed E-state index contributed by atoms with van der Waals surface area (Å²) in [7, 11) is 0. The van der Waals surface area contributed by atoms with E-state index >= 15 is 0 Å². The van der Waals surface area contributed by atoms with Crippen molar-refractivity contribution in [3.63, 3.8) is 0 Å². The molecule has 0 spiro atoms. The van der Waals surface area contributed by atoms with Crippen LogP contribution in [0, 0.1) is 12.1 Å². The van der Waals surface area contributed by atoms with Gasteiger partial charge in [-0.1, -0.05) is 42.5 Å². The maximum atomic E-state index is 12.5. The van der Waals surface area contributed by atoms with Crippen LogP contribution in [0.3, 0.4) is 0 Å². The molecule has 2 aromatic carbocycles. The Hall–Kier alpha value is -3.06. The molecule has 0 unspecified atom stereocenters. The van der Waals surface area contributed by atoms with Crippen molar-refractivity contribution >= 4 is 23.6 Å². The molecule has 0 aliphatic carbocycles. The van der Waals surface area contributed by atoms with Crippen LogP contribution in [0.15, 0.2) is 42.5 Å². The predicted molar refractivity (Wildman–Crippen MR) is 87.8 cm³/mol. The van der Waals surface area contributed by atoms with Crippen molar-refractivity contribution in [1.82, 2.24) is 0 Å². The molecule has 0 fully saturated rings. The molecule has 0 radical (unpaired) electrons. The Morgan fingerprint density at radius 2 is 2.00 bits per heavy atom. The first-order valence-corrected chi connectivity index (χ1v) is 7.37. The number of carbonyl (C=O) groups is 2. The van der Waals surface area contributed by atoms with Gasteiger partial charge in [-0.2, -0.15) is 0 Å². The molecule has 0 bridgehead atoms. The number of rotatable bonds is 3. The van der Waals surface area contributed by atoms with E-state index in [0.717, 1.165) is 22.4 Å². The smallest absolute Gasteiger partial charge is 0.303 e. The highest BCUT2D eigenvalue weighted by atomic mass is 16.4. The normalized spacial score (nSPS) is 12.4. The maximum absolute atomic E-state index is 12.5. The molecular formula is C19H15NO3. The summed E-state index contributed by atoms with van der Waals surface area (Å²) in [5.74, 6) is -1.17. The molecule has 0 saturated carbocycles. The molecule has 4 nitrogen and oxygen atoms in total. The highest BCUT2D eigenvalue weighted by Gasteiger charge is 2.21. The summed E-state index contributed by atoms with van der Waals surface area (Å²) in [6.07, 6.45) is 3.67. The second-order valence-corrected chi connectivity index (χ2v) is 5.25. The van der Waals surface area contributed by atoms with Gasteiger partial charge in [-0.3, -0.25) is 9.59 Å². The molecule has 0 atom stereocenters. The molecule has 1 N–H and O–H groups in total. The van der Waals surface area contributed by atoms with E-state index in [1.54, 1.807) is 4.90 Å². The van der Waals surface area contributed by atoms with Gasteiger partial charge in [0.15, 0.2) is 0 Å². The van der Waals surface area contributed by atoms with Crippen LogP contribution in [-0.4, -0.2) is 23.5 Å². The van der Waals surface area contributed by atoms with E-state index in [1.165, 1.54) is 0 Å². The summed E-state index contributed by atoms with van der Waals surface area (Å²) in [5.41, 5.74) is 3.57. The molecular weight excluding hydrogens is 290 g/mol. The Balaban J connectivity index is 2.04. The van der Waals surface area contributed by atoms with Gasteiger partial charge in [-0.25, -0.2) is 0 Å². The van der Waals surface area contributed by atoms with Gasteiger partial charge in [0.2, 0.25) is 5.91 Å². The van der Waals surface area contributed by atoms with Gasteiger partial charge in [0.25, 0.3) is 0 Å². The van der Waals surface area contributed by atoms with Crippen LogP contribution < -0.4 is 4.90 Å². The minimum Gasteiger partial charge on any atom is -0.481 e. The molecule has 4 heteroatoms. The van der Waals surface area contributed by atoms with Gasteiger partial charge in [-0.05, 0) is 23.8 Å². The van der Waals surface area contributed by atoms with E-state index in [4.69, 9.17) is 5.11 Å². The lowest BCUT2D eigenvalue weighted by molar-refractivity contribution is -0.138. The highest BCUT2D eigenvalue weighted by molar-refractivity contribution is 6.00. The van der Waals surface area contributed by atoms with Gasteiger partial charge in [0, 0.05) is 24.1 Å². The number of anilines is 1. The summed E-state index contributed by atoms with van der Waals surface area (Å²) in [5, 5.41) is 8.79. The molecule has 1 amide bonds. The zero-order valence-electron chi connectivity index (χ0n) is 12.5. The number of carbonyl (C=O) groups excluding carboxylic acids is 1. The molecule has 2 aromatic rings. The van der Waals surface area contributed by atoms with Crippen LogP contribution >= 0.6 is 0 Å². The van der Waals surface area contributed by atoms with E-state index in [-0.39, 0.29) is 18.7 Å². The number of hydrogen-bond donors (Lipinski definition) is 1. The van der Waals surface area contributed by atoms with Gasteiger partial charge in [0.1, 0.15) is 0 Å². The van der Waals surface area contributed by atoms with E-state index in [0.29, 0.717) is 6.54 Å². The first kappa shape index (κ1) is 14.9. The number of hydrogen-bond acceptors (Lipinski definition) is 2. The third-order valence-electron chi connectivity index (χ3n) is 3.74. The topological polar surface area (TPSA) is 57.6 Å². The first-order chi connectivity index (χ1) is 11.2. The molecule has 3 rings (SSSR count). The predicted octanol–water partition coefficient (Wildman–Crippen LogP) is 3.18. The second-order valence-electron chi connectivity index (χ2n) is 5.25. The largest absolute Gasteiger partial charge is 0.481 e. The second kappa shape index (κ2) is 6.37. The van der Waals surface area contributed by atoms with Crippen molar-refractivity contribution in [2.45, 2.75) is 12.8 Å². The van der Waals surface area contributed by atoms with Gasteiger partial charge in [-0.15, -0.1) is 0 Å².